The minimum absolute atomic E-state index is 0. The first-order chi connectivity index (χ1) is 13.7. The molecule has 4 aliphatic carbocycles. The third kappa shape index (κ3) is 2.88. The number of hydrogen-bond acceptors (Lipinski definition) is 4. The molecule has 5 heteroatoms. The van der Waals surface area contributed by atoms with E-state index in [-0.39, 0.29) is 66.4 Å². The smallest absolute Gasteiger partial charge is 0.172 e. The van der Waals surface area contributed by atoms with Gasteiger partial charge >= 0.3 is 0 Å². The summed E-state index contributed by atoms with van der Waals surface area (Å²) in [6.45, 7) is 10.3. The zero-order valence-electron chi connectivity index (χ0n) is 19.1. The van der Waals surface area contributed by atoms with Crippen LogP contribution in [-0.2, 0) is 9.47 Å². The third-order valence-corrected chi connectivity index (χ3v) is 10.2. The minimum atomic E-state index is -0.642. The average Bonchev–Trinajstić information content (AvgIpc) is 3.27. The van der Waals surface area contributed by atoms with Crippen molar-refractivity contribution < 1.29 is 63.7 Å². The zero-order valence-corrected chi connectivity index (χ0v) is 23.9. The SMILES string of the molecule is CCC1(C2(C)OCCO2)CC=C2C3CC=C4CC(O)CCC4(C)C3CC(O)C21C.[Ac]. The van der Waals surface area contributed by atoms with Crippen molar-refractivity contribution in [2.24, 2.45) is 28.1 Å². The van der Waals surface area contributed by atoms with Crippen LogP contribution in [0.2, 0.25) is 0 Å². The number of rotatable bonds is 2. The van der Waals surface area contributed by atoms with E-state index in [1.54, 1.807) is 0 Å². The predicted octanol–water partition coefficient (Wildman–Crippen LogP) is 4.36. The molecule has 0 bridgehead atoms. The van der Waals surface area contributed by atoms with Crippen LogP contribution in [0.5, 0.6) is 0 Å². The molecule has 7 atom stereocenters. The molecule has 1 radical (unpaired) electrons. The van der Waals surface area contributed by atoms with Crippen LogP contribution in [0.15, 0.2) is 23.3 Å². The van der Waals surface area contributed by atoms with Crippen molar-refractivity contribution in [2.45, 2.75) is 90.6 Å². The molecule has 165 valence electrons. The Morgan fingerprint density at radius 1 is 1.10 bits per heavy atom. The first-order valence-electron chi connectivity index (χ1n) is 11.8. The standard InChI is InChI=1S/C25H38O4.Ac/c1-5-25(24(4)28-12-13-29-24)11-9-19-18-7-6-16-14-17(26)8-10-22(16,2)20(18)15-21(27)23(19,25)3;/h6,9,17-18,20-21,26-27H,5,7-8,10-15H2,1-4H3;. The van der Waals surface area contributed by atoms with Gasteiger partial charge in [-0.05, 0) is 69.1 Å². The fourth-order valence-corrected chi connectivity index (χ4v) is 8.39. The predicted molar refractivity (Wildman–Crippen MR) is 112 cm³/mol. The first kappa shape index (κ1) is 23.9. The van der Waals surface area contributed by atoms with Crippen LogP contribution in [0.4, 0.5) is 0 Å². The van der Waals surface area contributed by atoms with Crippen molar-refractivity contribution in [3.63, 3.8) is 0 Å². The number of aliphatic hydroxyl groups excluding tert-OH is 2. The van der Waals surface area contributed by atoms with Crippen LogP contribution >= 0.6 is 0 Å². The summed E-state index contributed by atoms with van der Waals surface area (Å²) < 4.78 is 12.5. The normalized spacial score (nSPS) is 49.3. The van der Waals surface area contributed by atoms with Gasteiger partial charge in [-0.25, -0.2) is 0 Å². The van der Waals surface area contributed by atoms with E-state index in [0.717, 1.165) is 44.9 Å². The largest absolute Gasteiger partial charge is 0.393 e. The molecule has 0 aromatic heterocycles. The molecule has 5 aliphatic rings. The Hall–Kier alpha value is 0.762. The van der Waals surface area contributed by atoms with Gasteiger partial charge in [0.1, 0.15) is 0 Å². The molecule has 5 rings (SSSR count). The van der Waals surface area contributed by atoms with E-state index < -0.39 is 11.9 Å². The summed E-state index contributed by atoms with van der Waals surface area (Å²) in [5, 5.41) is 22.0. The van der Waals surface area contributed by atoms with Gasteiger partial charge in [-0.15, -0.1) is 0 Å². The Morgan fingerprint density at radius 2 is 1.80 bits per heavy atom. The molecule has 0 amide bonds. The summed E-state index contributed by atoms with van der Waals surface area (Å²) >= 11 is 0. The van der Waals surface area contributed by atoms with Crippen molar-refractivity contribution >= 4 is 0 Å². The van der Waals surface area contributed by atoms with Crippen molar-refractivity contribution in [3.8, 4) is 0 Å². The van der Waals surface area contributed by atoms with Crippen molar-refractivity contribution in [1.82, 2.24) is 0 Å². The fourth-order valence-electron chi connectivity index (χ4n) is 8.39. The van der Waals surface area contributed by atoms with Crippen LogP contribution in [-0.4, -0.2) is 41.4 Å². The summed E-state index contributed by atoms with van der Waals surface area (Å²) in [6, 6.07) is 0. The molecular weight excluding hydrogens is 591 g/mol. The third-order valence-electron chi connectivity index (χ3n) is 10.2. The summed E-state index contributed by atoms with van der Waals surface area (Å²) in [7, 11) is 0. The molecule has 7 unspecified atom stereocenters. The molecule has 2 saturated carbocycles. The van der Waals surface area contributed by atoms with Crippen molar-refractivity contribution in [2.75, 3.05) is 13.2 Å². The van der Waals surface area contributed by atoms with E-state index in [4.69, 9.17) is 9.47 Å². The van der Waals surface area contributed by atoms with Crippen LogP contribution in [0.1, 0.15) is 72.6 Å². The molecule has 1 saturated heterocycles. The van der Waals surface area contributed by atoms with Gasteiger partial charge in [0.15, 0.2) is 5.79 Å². The monoisotopic (exact) mass is 629 g/mol. The van der Waals surface area contributed by atoms with Gasteiger partial charge in [0.2, 0.25) is 0 Å². The van der Waals surface area contributed by atoms with Crippen LogP contribution in [0, 0.1) is 72.1 Å². The number of allylic oxidation sites excluding steroid dienone is 2. The van der Waals surface area contributed by atoms with Crippen LogP contribution in [0.3, 0.4) is 0 Å². The zero-order chi connectivity index (χ0) is 20.7. The molecule has 2 N–H and O–H groups in total. The molecule has 4 nitrogen and oxygen atoms in total. The average molecular weight is 630 g/mol. The second kappa shape index (κ2) is 7.92. The number of ether oxygens (including phenoxy) is 2. The molecule has 0 aromatic carbocycles. The summed E-state index contributed by atoms with van der Waals surface area (Å²) in [5.41, 5.74) is 2.43. The number of hydrogen-bond donors (Lipinski definition) is 2. The Balaban J connectivity index is 0.00000218. The fraction of sp³-hybridized carbons (Fsp3) is 0.840. The van der Waals surface area contributed by atoms with Gasteiger partial charge in [-0.1, -0.05) is 44.1 Å². The van der Waals surface area contributed by atoms with E-state index in [0.29, 0.717) is 25.0 Å². The van der Waals surface area contributed by atoms with Crippen LogP contribution < -0.4 is 0 Å². The van der Waals surface area contributed by atoms with Crippen molar-refractivity contribution in [3.05, 3.63) is 23.3 Å². The Morgan fingerprint density at radius 3 is 2.47 bits per heavy atom. The molecule has 3 fully saturated rings. The summed E-state index contributed by atoms with van der Waals surface area (Å²) in [4.78, 5) is 0. The van der Waals surface area contributed by atoms with Gasteiger partial charge in [0.05, 0.1) is 25.4 Å². The Kier molecular flexibility index (Phi) is 6.31. The maximum absolute atomic E-state index is 11.8. The molecule has 0 spiro atoms. The van der Waals surface area contributed by atoms with Gasteiger partial charge in [-0.2, -0.15) is 0 Å². The maximum atomic E-state index is 11.8. The number of aliphatic hydroxyl groups is 2. The van der Waals surface area contributed by atoms with Gasteiger partial charge in [0.25, 0.3) is 0 Å². The van der Waals surface area contributed by atoms with Gasteiger partial charge < -0.3 is 19.7 Å². The second-order valence-electron chi connectivity index (χ2n) is 10.9. The molecule has 0 aromatic rings. The van der Waals surface area contributed by atoms with E-state index in [1.807, 2.05) is 0 Å². The quantitative estimate of drug-likeness (QED) is 0.446. The Bertz CT molecular complexity index is 756. The van der Waals surface area contributed by atoms with E-state index in [9.17, 15) is 10.2 Å². The molecule has 1 aliphatic heterocycles. The Labute approximate surface area is 217 Å². The topological polar surface area (TPSA) is 58.9 Å². The van der Waals surface area contributed by atoms with Crippen molar-refractivity contribution in [1.29, 1.82) is 0 Å². The number of fused-ring (bicyclic) bond motifs is 5. The van der Waals surface area contributed by atoms with Gasteiger partial charge in [0, 0.05) is 54.9 Å². The van der Waals surface area contributed by atoms with Crippen LogP contribution in [0.25, 0.3) is 0 Å². The van der Waals surface area contributed by atoms with E-state index >= 15 is 0 Å². The molecular formula is C25H38AcO4. The summed E-state index contributed by atoms with van der Waals surface area (Å²) in [6.07, 6.45) is 10.7. The first-order valence-corrected chi connectivity index (χ1v) is 11.8. The maximum Gasteiger partial charge on any atom is 0.172 e. The van der Waals surface area contributed by atoms with E-state index in [1.165, 1.54) is 11.1 Å². The molecule has 1 heterocycles. The molecule has 30 heavy (non-hydrogen) atoms. The van der Waals surface area contributed by atoms with Gasteiger partial charge in [-0.3, -0.25) is 0 Å². The second-order valence-corrected chi connectivity index (χ2v) is 10.9. The minimum Gasteiger partial charge on any atom is -0.393 e. The van der Waals surface area contributed by atoms with E-state index in [2.05, 4.69) is 39.8 Å². The summed E-state index contributed by atoms with van der Waals surface area (Å²) in [5.74, 6) is 0.290.